The number of fused-ring (bicyclic) bond motifs is 2. The molecule has 0 saturated heterocycles. The van der Waals surface area contributed by atoms with E-state index in [1.165, 1.54) is 0 Å². The van der Waals surface area contributed by atoms with Crippen molar-refractivity contribution in [1.29, 1.82) is 0 Å². The molecule has 1 aromatic heterocycles. The zero-order valence-corrected chi connectivity index (χ0v) is 18.8. The van der Waals surface area contributed by atoms with Crippen LogP contribution in [0, 0.1) is 6.92 Å². The van der Waals surface area contributed by atoms with Crippen molar-refractivity contribution in [3.05, 3.63) is 89.6 Å². The van der Waals surface area contributed by atoms with Crippen molar-refractivity contribution in [2.75, 3.05) is 18.5 Å². The second-order valence-corrected chi connectivity index (χ2v) is 8.32. The molecule has 0 bridgehead atoms. The van der Waals surface area contributed by atoms with Crippen LogP contribution in [0.25, 0.3) is 10.9 Å². The Morgan fingerprint density at radius 2 is 1.71 bits per heavy atom. The van der Waals surface area contributed by atoms with Crippen LogP contribution in [0.3, 0.4) is 0 Å². The summed E-state index contributed by atoms with van der Waals surface area (Å²) in [7, 11) is 0. The number of anilines is 1. The van der Waals surface area contributed by atoms with Gasteiger partial charge in [0, 0.05) is 23.0 Å². The van der Waals surface area contributed by atoms with Crippen molar-refractivity contribution in [3.63, 3.8) is 0 Å². The van der Waals surface area contributed by atoms with E-state index >= 15 is 0 Å². The highest BCUT2D eigenvalue weighted by molar-refractivity contribution is 5.98. The van der Waals surface area contributed by atoms with Gasteiger partial charge in [-0.2, -0.15) is 0 Å². The molecule has 7 heteroatoms. The molecule has 7 nitrogen and oxygen atoms in total. The Hall–Kier alpha value is -4.26. The minimum Gasteiger partial charge on any atom is -0.486 e. The first-order valence-electron chi connectivity index (χ1n) is 11.2. The lowest BCUT2D eigenvalue weighted by Gasteiger charge is -2.21. The first kappa shape index (κ1) is 21.6. The highest BCUT2D eigenvalue weighted by atomic mass is 16.6. The van der Waals surface area contributed by atoms with Crippen LogP contribution in [0.5, 0.6) is 11.5 Å². The molecule has 3 aromatic carbocycles. The summed E-state index contributed by atoms with van der Waals surface area (Å²) in [4.78, 5) is 29.5. The predicted octanol–water partition coefficient (Wildman–Crippen LogP) is 4.29. The molecule has 1 atom stereocenters. The van der Waals surface area contributed by atoms with Gasteiger partial charge in [0.05, 0.1) is 6.42 Å². The number of H-pyrrole nitrogens is 1. The molecule has 2 heterocycles. The molecule has 3 N–H and O–H groups in total. The molecule has 0 fully saturated rings. The van der Waals surface area contributed by atoms with Crippen molar-refractivity contribution in [1.82, 2.24) is 10.3 Å². The van der Waals surface area contributed by atoms with Gasteiger partial charge >= 0.3 is 0 Å². The van der Waals surface area contributed by atoms with Crippen molar-refractivity contribution in [3.8, 4) is 11.5 Å². The van der Waals surface area contributed by atoms with Gasteiger partial charge in [-0.05, 0) is 42.1 Å². The number of hydrogen-bond acceptors (Lipinski definition) is 4. The predicted molar refractivity (Wildman–Crippen MR) is 130 cm³/mol. The van der Waals surface area contributed by atoms with Gasteiger partial charge in [0.25, 0.3) is 5.91 Å². The number of nitrogens with one attached hydrogen (secondary N) is 3. The van der Waals surface area contributed by atoms with Gasteiger partial charge in [0.15, 0.2) is 11.5 Å². The molecule has 0 aliphatic carbocycles. The molecule has 172 valence electrons. The minimum atomic E-state index is -0.856. The maximum absolute atomic E-state index is 13.3. The average Bonchev–Trinajstić information content (AvgIpc) is 3.25. The summed E-state index contributed by atoms with van der Waals surface area (Å²) in [5.41, 5.74) is 4.09. The van der Waals surface area contributed by atoms with E-state index in [-0.39, 0.29) is 18.2 Å². The highest BCUT2D eigenvalue weighted by Gasteiger charge is 2.24. The van der Waals surface area contributed by atoms with Crippen molar-refractivity contribution in [2.45, 2.75) is 19.4 Å². The van der Waals surface area contributed by atoms with Gasteiger partial charge in [-0.3, -0.25) is 9.59 Å². The van der Waals surface area contributed by atoms with E-state index in [4.69, 9.17) is 9.47 Å². The van der Waals surface area contributed by atoms with Crippen LogP contribution in [0.4, 0.5) is 5.69 Å². The number of carbonyl (C=O) groups excluding carboxylic acids is 2. The molecule has 0 saturated carbocycles. The largest absolute Gasteiger partial charge is 0.486 e. The fraction of sp³-hybridized carbons (Fsp3) is 0.185. The van der Waals surface area contributed by atoms with Gasteiger partial charge < -0.3 is 25.1 Å². The number of aromatic amines is 1. The van der Waals surface area contributed by atoms with Gasteiger partial charge in [-0.25, -0.2) is 0 Å². The molecule has 1 aliphatic heterocycles. The average molecular weight is 456 g/mol. The van der Waals surface area contributed by atoms with Crippen LogP contribution >= 0.6 is 0 Å². The van der Waals surface area contributed by atoms with Crippen LogP contribution < -0.4 is 20.1 Å². The number of carbonyl (C=O) groups is 2. The normalized spacial score (nSPS) is 13.3. The topological polar surface area (TPSA) is 92.5 Å². The quantitative estimate of drug-likeness (QED) is 0.405. The first-order valence-corrected chi connectivity index (χ1v) is 11.2. The number of ether oxygens (including phenoxy) is 2. The number of hydrogen-bond donors (Lipinski definition) is 3. The Bertz CT molecular complexity index is 1310. The number of aromatic nitrogens is 1. The zero-order valence-electron chi connectivity index (χ0n) is 18.8. The number of benzene rings is 3. The monoisotopic (exact) mass is 455 g/mol. The molecule has 2 amide bonds. The van der Waals surface area contributed by atoms with Crippen LogP contribution in [-0.4, -0.2) is 30.0 Å². The number of rotatable bonds is 6. The molecule has 4 aromatic rings. The van der Waals surface area contributed by atoms with E-state index in [1.807, 2.05) is 61.5 Å². The molecule has 0 spiro atoms. The summed E-state index contributed by atoms with van der Waals surface area (Å²) in [5.74, 6) is 0.629. The zero-order chi connectivity index (χ0) is 23.5. The Labute approximate surface area is 197 Å². The van der Waals surface area contributed by atoms with Crippen molar-refractivity contribution in [2.24, 2.45) is 0 Å². The lowest BCUT2D eigenvalue weighted by molar-refractivity contribution is -0.126. The fourth-order valence-corrected chi connectivity index (χ4v) is 4.01. The van der Waals surface area contributed by atoms with E-state index < -0.39 is 6.04 Å². The summed E-state index contributed by atoms with van der Waals surface area (Å²) >= 11 is 0. The molecule has 0 radical (unpaired) electrons. The summed E-state index contributed by atoms with van der Waals surface area (Å²) in [6.45, 7) is 2.93. The van der Waals surface area contributed by atoms with Gasteiger partial charge in [0.1, 0.15) is 19.3 Å². The summed E-state index contributed by atoms with van der Waals surface area (Å²) in [6.07, 6.45) is 0.133. The number of amides is 2. The van der Waals surface area contributed by atoms with Crippen LogP contribution in [0.15, 0.2) is 72.8 Å². The maximum atomic E-state index is 13.3. The van der Waals surface area contributed by atoms with E-state index in [2.05, 4.69) is 15.6 Å². The van der Waals surface area contributed by atoms with Gasteiger partial charge in [-0.1, -0.05) is 48.0 Å². The SMILES string of the molecule is Cc1ccc(C(NC(=O)Cc2cc3ccccc3[nH]2)C(=O)Nc2ccc3c(c2)OCCO3)cc1. The highest BCUT2D eigenvalue weighted by Crippen LogP contribution is 2.33. The summed E-state index contributed by atoms with van der Waals surface area (Å²) in [6, 6.07) is 21.7. The second kappa shape index (κ2) is 9.31. The van der Waals surface area contributed by atoms with Crippen molar-refractivity contribution < 1.29 is 19.1 Å². The maximum Gasteiger partial charge on any atom is 0.251 e. The molecule has 1 aliphatic rings. The van der Waals surface area contributed by atoms with E-state index in [9.17, 15) is 9.59 Å². The van der Waals surface area contributed by atoms with Gasteiger partial charge in [0.2, 0.25) is 5.91 Å². The number of aryl methyl sites for hydroxylation is 1. The molecule has 1 unspecified atom stereocenters. The second-order valence-electron chi connectivity index (χ2n) is 8.32. The molecular formula is C27H25N3O4. The van der Waals surface area contributed by atoms with E-state index in [1.54, 1.807) is 18.2 Å². The third-order valence-electron chi connectivity index (χ3n) is 5.72. The smallest absolute Gasteiger partial charge is 0.251 e. The minimum absolute atomic E-state index is 0.133. The van der Waals surface area contributed by atoms with Crippen LogP contribution in [0.1, 0.15) is 22.9 Å². The Kier molecular flexibility index (Phi) is 5.91. The number of para-hydroxylation sites is 1. The fourth-order valence-electron chi connectivity index (χ4n) is 4.01. The first-order chi connectivity index (χ1) is 16.5. The Morgan fingerprint density at radius 1 is 0.941 bits per heavy atom. The lowest BCUT2D eigenvalue weighted by atomic mass is 10.0. The standard InChI is InChI=1S/C27H25N3O4/c1-17-6-8-18(9-7-17)26(27(32)29-20-10-11-23-24(15-20)34-13-12-33-23)30-25(31)16-21-14-19-4-2-3-5-22(19)28-21/h2-11,14-15,26,28H,12-13,16H2,1H3,(H,29,32)(H,30,31). The van der Waals surface area contributed by atoms with Crippen LogP contribution in [-0.2, 0) is 16.0 Å². The molecular weight excluding hydrogens is 430 g/mol. The van der Waals surface area contributed by atoms with E-state index in [0.717, 1.165) is 22.2 Å². The van der Waals surface area contributed by atoms with Crippen molar-refractivity contribution >= 4 is 28.4 Å². The molecule has 5 rings (SSSR count). The van der Waals surface area contributed by atoms with Gasteiger partial charge in [-0.15, -0.1) is 0 Å². The Balaban J connectivity index is 1.34. The lowest BCUT2D eigenvalue weighted by Crippen LogP contribution is -2.37. The third-order valence-corrected chi connectivity index (χ3v) is 5.72. The summed E-state index contributed by atoms with van der Waals surface area (Å²) in [5, 5.41) is 6.84. The summed E-state index contributed by atoms with van der Waals surface area (Å²) < 4.78 is 11.2. The van der Waals surface area contributed by atoms with Crippen LogP contribution in [0.2, 0.25) is 0 Å². The van der Waals surface area contributed by atoms with E-state index in [0.29, 0.717) is 36.0 Å². The Morgan fingerprint density at radius 3 is 2.50 bits per heavy atom. The molecule has 34 heavy (non-hydrogen) atoms. The third kappa shape index (κ3) is 4.73.